The van der Waals surface area contributed by atoms with E-state index in [1.165, 1.54) is 10.5 Å². The van der Waals surface area contributed by atoms with Crippen LogP contribution in [0, 0.1) is 12.3 Å². The van der Waals surface area contributed by atoms with Crippen molar-refractivity contribution >= 4 is 11.8 Å². The highest BCUT2D eigenvalue weighted by Crippen LogP contribution is 2.24. The molecule has 0 bridgehead atoms. The summed E-state index contributed by atoms with van der Waals surface area (Å²) in [5, 5.41) is 3.89. The number of hydrogen-bond acceptors (Lipinski definition) is 2. The molecule has 2 heteroatoms. The van der Waals surface area contributed by atoms with Crippen LogP contribution in [0.5, 0.6) is 0 Å². The van der Waals surface area contributed by atoms with Gasteiger partial charge < -0.3 is 0 Å². The number of hydrogen-bond donors (Lipinski definition) is 1. The van der Waals surface area contributed by atoms with Gasteiger partial charge in [-0.05, 0) is 24.6 Å². The summed E-state index contributed by atoms with van der Waals surface area (Å²) in [6.45, 7) is 7.15. The first-order valence-corrected chi connectivity index (χ1v) is 6.45. The van der Waals surface area contributed by atoms with E-state index in [2.05, 4.69) is 56.3 Å². The first-order chi connectivity index (χ1) is 7.63. The summed E-state index contributed by atoms with van der Waals surface area (Å²) in [7, 11) is 0. The van der Waals surface area contributed by atoms with Crippen molar-refractivity contribution in [3.05, 3.63) is 29.8 Å². The van der Waals surface area contributed by atoms with E-state index in [0.717, 1.165) is 0 Å². The van der Waals surface area contributed by atoms with Crippen molar-refractivity contribution in [2.24, 2.45) is 0 Å². The van der Waals surface area contributed by atoms with E-state index >= 15 is 0 Å². The van der Waals surface area contributed by atoms with E-state index in [1.807, 2.05) is 11.8 Å². The van der Waals surface area contributed by atoms with Gasteiger partial charge in [0.15, 0.2) is 0 Å². The molecule has 1 aromatic carbocycles. The van der Waals surface area contributed by atoms with Crippen molar-refractivity contribution in [3.8, 4) is 12.3 Å². The maximum Gasteiger partial charge on any atom is 0.0578 e. The van der Waals surface area contributed by atoms with Crippen LogP contribution in [0.4, 0.5) is 0 Å². The average molecular weight is 233 g/mol. The molecule has 0 aliphatic carbocycles. The fraction of sp³-hybridized carbons (Fsp3) is 0.429. The highest BCUT2D eigenvalue weighted by molar-refractivity contribution is 7.99. The fourth-order valence-corrected chi connectivity index (χ4v) is 2.27. The lowest BCUT2D eigenvalue weighted by Gasteiger charge is -2.13. The molecular weight excluding hydrogens is 214 g/mol. The van der Waals surface area contributed by atoms with Crippen LogP contribution >= 0.6 is 11.8 Å². The second-order valence-corrected chi connectivity index (χ2v) is 5.69. The third-order valence-corrected chi connectivity index (χ3v) is 3.28. The Morgan fingerprint density at radius 2 is 1.88 bits per heavy atom. The normalized spacial score (nSPS) is 12.4. The molecule has 1 N–H and O–H groups in total. The summed E-state index contributed by atoms with van der Waals surface area (Å²) < 4.78 is 0. The first-order valence-electron chi connectivity index (χ1n) is 5.57. The molecule has 1 atom stereocenters. The van der Waals surface area contributed by atoms with Gasteiger partial charge in [-0.3, -0.25) is 5.32 Å². The maximum absolute atomic E-state index is 5.22. The zero-order valence-corrected chi connectivity index (χ0v) is 11.0. The first kappa shape index (κ1) is 13.2. The third kappa shape index (κ3) is 4.30. The van der Waals surface area contributed by atoms with Crippen molar-refractivity contribution in [1.29, 1.82) is 0 Å². The van der Waals surface area contributed by atoms with Gasteiger partial charge in [-0.1, -0.05) is 31.9 Å². The van der Waals surface area contributed by atoms with Gasteiger partial charge in [0, 0.05) is 16.2 Å². The van der Waals surface area contributed by atoms with Crippen LogP contribution in [0.15, 0.2) is 29.2 Å². The van der Waals surface area contributed by atoms with Gasteiger partial charge in [-0.25, -0.2) is 0 Å². The van der Waals surface area contributed by atoms with E-state index in [-0.39, 0.29) is 0 Å². The van der Waals surface area contributed by atoms with E-state index in [0.29, 0.717) is 17.8 Å². The minimum atomic E-state index is 0.314. The largest absolute Gasteiger partial charge is 0.300 e. The van der Waals surface area contributed by atoms with Crippen molar-refractivity contribution in [3.63, 3.8) is 0 Å². The molecular formula is C14H19NS. The summed E-state index contributed by atoms with van der Waals surface area (Å²) in [6.07, 6.45) is 5.22. The quantitative estimate of drug-likeness (QED) is 0.617. The molecule has 16 heavy (non-hydrogen) atoms. The zero-order valence-electron chi connectivity index (χ0n) is 10.2. The van der Waals surface area contributed by atoms with E-state index in [1.54, 1.807) is 0 Å². The molecule has 0 spiro atoms. The SMILES string of the molecule is C#CCNC(C)c1ccc(SC(C)C)cc1. The van der Waals surface area contributed by atoms with Crippen molar-refractivity contribution < 1.29 is 0 Å². The van der Waals surface area contributed by atoms with Crippen molar-refractivity contribution in [2.75, 3.05) is 6.54 Å². The molecule has 0 radical (unpaired) electrons. The lowest BCUT2D eigenvalue weighted by Crippen LogP contribution is -2.18. The Bertz CT molecular complexity index is 348. The van der Waals surface area contributed by atoms with Crippen LogP contribution in [0.2, 0.25) is 0 Å². The van der Waals surface area contributed by atoms with E-state index < -0.39 is 0 Å². The van der Waals surface area contributed by atoms with Gasteiger partial charge in [0.25, 0.3) is 0 Å². The van der Waals surface area contributed by atoms with Crippen molar-refractivity contribution in [1.82, 2.24) is 5.32 Å². The maximum atomic E-state index is 5.22. The molecule has 1 aromatic rings. The Balaban J connectivity index is 2.60. The van der Waals surface area contributed by atoms with Crippen LogP contribution in [0.1, 0.15) is 32.4 Å². The molecule has 0 saturated carbocycles. The van der Waals surface area contributed by atoms with Gasteiger partial charge in [0.1, 0.15) is 0 Å². The second kappa shape index (κ2) is 6.62. The minimum Gasteiger partial charge on any atom is -0.300 e. The molecule has 1 nitrogen and oxygen atoms in total. The smallest absolute Gasteiger partial charge is 0.0578 e. The van der Waals surface area contributed by atoms with Crippen LogP contribution in [0.25, 0.3) is 0 Å². The van der Waals surface area contributed by atoms with Gasteiger partial charge in [0.05, 0.1) is 6.54 Å². The summed E-state index contributed by atoms with van der Waals surface area (Å²) in [4.78, 5) is 1.32. The third-order valence-electron chi connectivity index (χ3n) is 2.26. The number of terminal acetylenes is 1. The number of thioether (sulfide) groups is 1. The monoisotopic (exact) mass is 233 g/mol. The molecule has 0 aliphatic heterocycles. The standard InChI is InChI=1S/C14H19NS/c1-5-10-15-12(4)13-6-8-14(9-7-13)16-11(2)3/h1,6-9,11-12,15H,10H2,2-4H3. The predicted octanol–water partition coefficient (Wildman–Crippen LogP) is 3.47. The summed E-state index contributed by atoms with van der Waals surface area (Å²) in [5.74, 6) is 2.59. The Morgan fingerprint density at radius 1 is 1.25 bits per heavy atom. The Labute approximate surface area is 103 Å². The summed E-state index contributed by atoms with van der Waals surface area (Å²) in [5.41, 5.74) is 1.28. The summed E-state index contributed by atoms with van der Waals surface area (Å²) in [6, 6.07) is 8.99. The molecule has 1 rings (SSSR count). The van der Waals surface area contributed by atoms with E-state index in [9.17, 15) is 0 Å². The predicted molar refractivity (Wildman–Crippen MR) is 72.7 cm³/mol. The summed E-state index contributed by atoms with van der Waals surface area (Å²) >= 11 is 1.88. The van der Waals surface area contributed by atoms with Gasteiger partial charge in [0.2, 0.25) is 0 Å². The molecule has 0 amide bonds. The van der Waals surface area contributed by atoms with Crippen LogP contribution in [0.3, 0.4) is 0 Å². The molecule has 0 aromatic heterocycles. The lowest BCUT2D eigenvalue weighted by molar-refractivity contribution is 0.623. The minimum absolute atomic E-state index is 0.314. The Hall–Kier alpha value is -0.910. The molecule has 0 heterocycles. The molecule has 0 saturated heterocycles. The van der Waals surface area contributed by atoms with Crippen LogP contribution < -0.4 is 5.32 Å². The van der Waals surface area contributed by atoms with Gasteiger partial charge in [-0.15, -0.1) is 18.2 Å². The molecule has 86 valence electrons. The zero-order chi connectivity index (χ0) is 12.0. The highest BCUT2D eigenvalue weighted by Gasteiger charge is 2.04. The van der Waals surface area contributed by atoms with Crippen LogP contribution in [-0.2, 0) is 0 Å². The Kier molecular flexibility index (Phi) is 5.45. The van der Waals surface area contributed by atoms with Crippen molar-refractivity contribution in [2.45, 2.75) is 37.0 Å². The number of nitrogens with one attached hydrogen (secondary N) is 1. The lowest BCUT2D eigenvalue weighted by atomic mass is 10.1. The average Bonchev–Trinajstić information content (AvgIpc) is 2.26. The number of rotatable bonds is 5. The van der Waals surface area contributed by atoms with Crippen LogP contribution in [-0.4, -0.2) is 11.8 Å². The fourth-order valence-electron chi connectivity index (χ4n) is 1.44. The molecule has 0 aliphatic rings. The topological polar surface area (TPSA) is 12.0 Å². The second-order valence-electron chi connectivity index (χ2n) is 4.04. The van der Waals surface area contributed by atoms with E-state index in [4.69, 9.17) is 6.42 Å². The van der Waals surface area contributed by atoms with Gasteiger partial charge >= 0.3 is 0 Å². The highest BCUT2D eigenvalue weighted by atomic mass is 32.2. The van der Waals surface area contributed by atoms with Gasteiger partial charge in [-0.2, -0.15) is 0 Å². The molecule has 0 fully saturated rings. The number of benzene rings is 1. The molecule has 1 unspecified atom stereocenters. The Morgan fingerprint density at radius 3 is 2.38 bits per heavy atom.